The molecule has 5 rings (SSSR count). The van der Waals surface area contributed by atoms with Crippen LogP contribution < -0.4 is 10.1 Å². The van der Waals surface area contributed by atoms with Gasteiger partial charge in [-0.25, -0.2) is 18.4 Å². The van der Waals surface area contributed by atoms with Crippen molar-refractivity contribution >= 4 is 42.7 Å². The number of nitrogens with zero attached hydrogens (tertiary/aromatic N) is 4. The van der Waals surface area contributed by atoms with E-state index in [0.717, 1.165) is 18.4 Å². The molecule has 3 aromatic rings. The van der Waals surface area contributed by atoms with E-state index in [4.69, 9.17) is 9.84 Å². The third-order valence-corrected chi connectivity index (χ3v) is 10.3. The maximum absolute atomic E-state index is 13.6. The first-order chi connectivity index (χ1) is 18.8. The van der Waals surface area contributed by atoms with Crippen LogP contribution in [0.3, 0.4) is 0 Å². The summed E-state index contributed by atoms with van der Waals surface area (Å²) in [7, 11) is -1.59. The van der Waals surface area contributed by atoms with Crippen LogP contribution in [0, 0.1) is 5.92 Å². The minimum atomic E-state index is -3.58. The van der Waals surface area contributed by atoms with Crippen LogP contribution >= 0.6 is 11.3 Å². The predicted octanol–water partition coefficient (Wildman–Crippen LogP) is 3.30. The molecule has 1 aromatic carbocycles. The molecular weight excluding hydrogens is 538 g/mol. The number of nitrogens with one attached hydrogen (secondary N) is 1. The number of aromatic nitrogens is 2. The number of carbonyl (C=O) groups excluding carboxylic acids is 1. The van der Waals surface area contributed by atoms with Crippen molar-refractivity contribution in [2.75, 3.05) is 51.8 Å². The second kappa shape index (κ2) is 12.3. The van der Waals surface area contributed by atoms with Crippen LogP contribution in [-0.4, -0.2) is 85.0 Å². The predicted molar refractivity (Wildman–Crippen MR) is 151 cm³/mol. The molecule has 2 N–H and O–H groups in total. The van der Waals surface area contributed by atoms with Gasteiger partial charge in [0.15, 0.2) is 5.13 Å². The van der Waals surface area contributed by atoms with Gasteiger partial charge < -0.3 is 20.1 Å². The van der Waals surface area contributed by atoms with Crippen molar-refractivity contribution in [3.8, 4) is 5.88 Å². The molecule has 3 heterocycles. The number of anilines is 1. The van der Waals surface area contributed by atoms with Crippen molar-refractivity contribution in [3.63, 3.8) is 0 Å². The molecule has 1 aliphatic heterocycles. The summed E-state index contributed by atoms with van der Waals surface area (Å²) in [5.41, 5.74) is 1.45. The summed E-state index contributed by atoms with van der Waals surface area (Å²) in [6, 6.07) is 10.3. The minimum absolute atomic E-state index is 0.102. The van der Waals surface area contributed by atoms with Crippen molar-refractivity contribution in [2.45, 2.75) is 42.9 Å². The SMILES string of the molecule is CN1CCN(S(=O)(=O)c2ccc(C(CC3CCCC3)C(=O)Nc3nc4ccc(OCCO)nc4s3)cc2)CC1. The molecule has 2 aliphatic rings. The zero-order valence-corrected chi connectivity index (χ0v) is 23.7. The zero-order chi connectivity index (χ0) is 27.4. The monoisotopic (exact) mass is 573 g/mol. The first-order valence-electron chi connectivity index (χ1n) is 13.4. The molecule has 0 radical (unpaired) electrons. The van der Waals surface area contributed by atoms with Crippen LogP contribution in [0.5, 0.6) is 5.88 Å². The van der Waals surface area contributed by atoms with Gasteiger partial charge in [0, 0.05) is 32.2 Å². The van der Waals surface area contributed by atoms with Crippen LogP contribution in [0.25, 0.3) is 10.3 Å². The maximum Gasteiger partial charge on any atom is 0.243 e. The summed E-state index contributed by atoms with van der Waals surface area (Å²) in [4.78, 5) is 25.5. The molecule has 1 unspecified atom stereocenters. The van der Waals surface area contributed by atoms with E-state index < -0.39 is 15.9 Å². The number of pyridine rings is 1. The number of thiazole rings is 1. The topological polar surface area (TPSA) is 125 Å². The van der Waals surface area contributed by atoms with Crippen molar-refractivity contribution in [2.24, 2.45) is 5.92 Å². The van der Waals surface area contributed by atoms with Gasteiger partial charge in [-0.3, -0.25) is 4.79 Å². The van der Waals surface area contributed by atoms with Crippen LogP contribution in [0.15, 0.2) is 41.3 Å². The van der Waals surface area contributed by atoms with Crippen LogP contribution in [0.4, 0.5) is 5.13 Å². The number of sulfonamides is 1. The number of benzene rings is 1. The van der Waals surface area contributed by atoms with Crippen LogP contribution in [0.1, 0.15) is 43.6 Å². The number of rotatable bonds is 10. The molecule has 1 saturated heterocycles. The Morgan fingerprint density at radius 2 is 1.82 bits per heavy atom. The molecule has 0 spiro atoms. The van der Waals surface area contributed by atoms with E-state index in [1.54, 1.807) is 36.4 Å². The molecule has 210 valence electrons. The van der Waals surface area contributed by atoms with E-state index in [0.29, 0.717) is 59.9 Å². The second-order valence-electron chi connectivity index (χ2n) is 10.3. The van der Waals surface area contributed by atoms with Gasteiger partial charge >= 0.3 is 0 Å². The highest BCUT2D eigenvalue weighted by atomic mass is 32.2. The van der Waals surface area contributed by atoms with Crippen molar-refractivity contribution in [3.05, 3.63) is 42.0 Å². The lowest BCUT2D eigenvalue weighted by Gasteiger charge is -2.31. The Labute approximate surface area is 233 Å². The fourth-order valence-corrected chi connectivity index (χ4v) is 7.56. The molecule has 1 amide bonds. The highest BCUT2D eigenvalue weighted by molar-refractivity contribution is 7.89. The standard InChI is InChI=1S/C27H35N5O5S2/c1-31-12-14-32(15-13-31)39(35,36)21-8-6-20(7-9-21)22(18-19-4-2-3-5-19)25(34)30-27-28-23-10-11-24(37-17-16-33)29-26(23)38-27/h6-11,19,22,33H,2-5,12-18H2,1H3,(H,28,30,34). The maximum atomic E-state index is 13.6. The molecule has 12 heteroatoms. The Balaban J connectivity index is 1.34. The largest absolute Gasteiger partial charge is 0.475 e. The zero-order valence-electron chi connectivity index (χ0n) is 22.1. The summed E-state index contributed by atoms with van der Waals surface area (Å²) in [6.45, 7) is 2.41. The summed E-state index contributed by atoms with van der Waals surface area (Å²) in [5.74, 6) is 0.269. The van der Waals surface area contributed by atoms with Gasteiger partial charge in [-0.05, 0) is 43.1 Å². The highest BCUT2D eigenvalue weighted by Gasteiger charge is 2.30. The van der Waals surface area contributed by atoms with E-state index in [-0.39, 0.29) is 24.0 Å². The second-order valence-corrected chi connectivity index (χ2v) is 13.2. The number of aliphatic hydroxyl groups is 1. The minimum Gasteiger partial charge on any atom is -0.475 e. The van der Waals surface area contributed by atoms with Crippen LogP contribution in [0.2, 0.25) is 0 Å². The molecule has 10 nitrogen and oxygen atoms in total. The molecule has 1 saturated carbocycles. The van der Waals surface area contributed by atoms with Crippen molar-refractivity contribution in [1.29, 1.82) is 0 Å². The summed E-state index contributed by atoms with van der Waals surface area (Å²) < 4.78 is 33.3. The fourth-order valence-electron chi connectivity index (χ4n) is 5.30. The van der Waals surface area contributed by atoms with E-state index >= 15 is 0 Å². The quantitative estimate of drug-likeness (QED) is 0.379. The normalized spacial score (nSPS) is 18.4. The summed E-state index contributed by atoms with van der Waals surface area (Å²) >= 11 is 1.27. The van der Waals surface area contributed by atoms with E-state index in [1.165, 1.54) is 28.5 Å². The van der Waals surface area contributed by atoms with Gasteiger partial charge in [-0.2, -0.15) is 4.31 Å². The lowest BCUT2D eigenvalue weighted by atomic mass is 9.87. The van der Waals surface area contributed by atoms with Gasteiger partial charge in [-0.15, -0.1) is 0 Å². The molecule has 1 aliphatic carbocycles. The lowest BCUT2D eigenvalue weighted by Crippen LogP contribution is -2.47. The van der Waals surface area contributed by atoms with E-state index in [2.05, 4.69) is 20.2 Å². The average Bonchev–Trinajstić information content (AvgIpc) is 3.60. The van der Waals surface area contributed by atoms with Gasteiger partial charge in [-0.1, -0.05) is 49.2 Å². The Hall–Kier alpha value is -2.64. The Morgan fingerprint density at radius 1 is 1.10 bits per heavy atom. The van der Waals surface area contributed by atoms with Gasteiger partial charge in [0.1, 0.15) is 17.0 Å². The lowest BCUT2D eigenvalue weighted by molar-refractivity contribution is -0.118. The van der Waals surface area contributed by atoms with Crippen molar-refractivity contribution < 1.29 is 23.1 Å². The number of aliphatic hydroxyl groups excluding tert-OH is 1. The molecule has 2 aromatic heterocycles. The Kier molecular flexibility index (Phi) is 8.77. The van der Waals surface area contributed by atoms with Crippen LogP contribution in [-0.2, 0) is 14.8 Å². The third-order valence-electron chi connectivity index (χ3n) is 7.54. The molecular formula is C27H35N5O5S2. The number of likely N-dealkylation sites (N-methyl/N-ethyl adjacent to an activating group) is 1. The summed E-state index contributed by atoms with van der Waals surface area (Å²) in [5, 5.41) is 12.4. The number of ether oxygens (including phenoxy) is 1. The van der Waals surface area contributed by atoms with Gasteiger partial charge in [0.05, 0.1) is 17.4 Å². The van der Waals surface area contributed by atoms with Crippen molar-refractivity contribution in [1.82, 2.24) is 19.2 Å². The highest BCUT2D eigenvalue weighted by Crippen LogP contribution is 2.36. The van der Waals surface area contributed by atoms with Gasteiger partial charge in [0.2, 0.25) is 21.8 Å². The first-order valence-corrected chi connectivity index (χ1v) is 15.7. The number of fused-ring (bicyclic) bond motifs is 1. The van der Waals surface area contributed by atoms with E-state index in [1.807, 2.05) is 7.05 Å². The number of carbonyl (C=O) groups is 1. The Bertz CT molecular complexity index is 1380. The molecule has 1 atom stereocenters. The fraction of sp³-hybridized carbons (Fsp3) is 0.519. The average molecular weight is 574 g/mol. The number of hydrogen-bond acceptors (Lipinski definition) is 9. The molecule has 2 fully saturated rings. The summed E-state index contributed by atoms with van der Waals surface area (Å²) in [6.07, 6.45) is 5.25. The molecule has 39 heavy (non-hydrogen) atoms. The number of amides is 1. The smallest absolute Gasteiger partial charge is 0.243 e. The van der Waals surface area contributed by atoms with Gasteiger partial charge in [0.25, 0.3) is 0 Å². The Morgan fingerprint density at radius 3 is 2.51 bits per heavy atom. The first kappa shape index (κ1) is 27.9. The third kappa shape index (κ3) is 6.58. The number of hydrogen-bond donors (Lipinski definition) is 2. The molecule has 0 bridgehead atoms. The number of piperazine rings is 1. The van der Waals surface area contributed by atoms with E-state index in [9.17, 15) is 13.2 Å².